The van der Waals surface area contributed by atoms with Crippen molar-refractivity contribution < 1.29 is 18.4 Å². The van der Waals surface area contributed by atoms with Gasteiger partial charge in [0, 0.05) is 30.0 Å². The van der Waals surface area contributed by atoms with Gasteiger partial charge >= 0.3 is 5.76 Å². The van der Waals surface area contributed by atoms with Crippen molar-refractivity contribution in [3.63, 3.8) is 0 Å². The normalized spacial score (nSPS) is 11.1. The fraction of sp³-hybridized carbons (Fsp3) is 0.192. The van der Waals surface area contributed by atoms with Gasteiger partial charge < -0.3 is 20.0 Å². The molecule has 180 valence electrons. The number of nitrogens with zero attached hydrogens (tertiary/aromatic N) is 2. The molecule has 2 N–H and O–H groups in total. The molecule has 0 atom stereocenters. The largest absolute Gasteiger partial charge is 0.419 e. The SMILES string of the molecule is Cc1ccc(C(=O)Nc2ccc3oc(=O)n(CCN(C)C)c3c2)cc1NC(=O)c1ccccc1F. The molecular weight excluding hydrogens is 451 g/mol. The molecule has 0 saturated heterocycles. The molecule has 2 amide bonds. The Morgan fingerprint density at radius 1 is 1.00 bits per heavy atom. The second kappa shape index (κ2) is 9.94. The Hall–Kier alpha value is -4.24. The van der Waals surface area contributed by atoms with Crippen molar-refractivity contribution in [2.75, 3.05) is 31.3 Å². The highest BCUT2D eigenvalue weighted by molar-refractivity contribution is 6.08. The molecule has 8 nitrogen and oxygen atoms in total. The van der Waals surface area contributed by atoms with E-state index in [0.717, 1.165) is 5.56 Å². The van der Waals surface area contributed by atoms with Crippen molar-refractivity contribution in [1.82, 2.24) is 9.47 Å². The standard InChI is InChI=1S/C26H25FN4O4/c1-16-8-9-17(14-21(16)29-25(33)19-6-4-5-7-20(19)27)24(32)28-18-10-11-23-22(15-18)31(26(34)35-23)13-12-30(2)3/h4-11,14-15H,12-13H2,1-3H3,(H,28,32)(H,29,33). The van der Waals surface area contributed by atoms with E-state index >= 15 is 0 Å². The van der Waals surface area contributed by atoms with E-state index in [1.54, 1.807) is 43.3 Å². The van der Waals surface area contributed by atoms with E-state index in [9.17, 15) is 18.8 Å². The molecule has 0 radical (unpaired) electrons. The molecule has 0 fully saturated rings. The maximum absolute atomic E-state index is 14.0. The quantitative estimate of drug-likeness (QED) is 0.419. The number of hydrogen-bond acceptors (Lipinski definition) is 5. The third-order valence-electron chi connectivity index (χ3n) is 5.56. The van der Waals surface area contributed by atoms with Gasteiger partial charge in [0.2, 0.25) is 0 Å². The smallest absolute Gasteiger partial charge is 0.408 e. The maximum atomic E-state index is 14.0. The highest BCUT2D eigenvalue weighted by atomic mass is 19.1. The molecule has 9 heteroatoms. The minimum absolute atomic E-state index is 0.0875. The van der Waals surface area contributed by atoms with E-state index in [0.29, 0.717) is 41.1 Å². The second-order valence-electron chi connectivity index (χ2n) is 8.42. The van der Waals surface area contributed by atoms with Crippen LogP contribution in [0.4, 0.5) is 15.8 Å². The molecule has 0 bridgehead atoms. The highest BCUT2D eigenvalue weighted by Crippen LogP contribution is 2.22. The van der Waals surface area contributed by atoms with Gasteiger partial charge in [0.05, 0.1) is 11.1 Å². The van der Waals surface area contributed by atoms with Gasteiger partial charge in [-0.25, -0.2) is 9.18 Å². The highest BCUT2D eigenvalue weighted by Gasteiger charge is 2.15. The Morgan fingerprint density at radius 3 is 2.51 bits per heavy atom. The molecular formula is C26H25FN4O4. The lowest BCUT2D eigenvalue weighted by molar-refractivity contribution is 0.101. The summed E-state index contributed by atoms with van der Waals surface area (Å²) in [7, 11) is 3.82. The summed E-state index contributed by atoms with van der Waals surface area (Å²) in [6, 6.07) is 15.5. The Kier molecular flexibility index (Phi) is 6.79. The number of oxazole rings is 1. The molecule has 0 saturated carbocycles. The summed E-state index contributed by atoms with van der Waals surface area (Å²) >= 11 is 0. The van der Waals surface area contributed by atoms with Crippen molar-refractivity contribution in [3.05, 3.63) is 93.7 Å². The van der Waals surface area contributed by atoms with Crippen LogP contribution in [0.1, 0.15) is 26.3 Å². The van der Waals surface area contributed by atoms with Crippen LogP contribution in [0.3, 0.4) is 0 Å². The zero-order valence-corrected chi connectivity index (χ0v) is 19.6. The number of aryl methyl sites for hydroxylation is 1. The monoisotopic (exact) mass is 476 g/mol. The van der Waals surface area contributed by atoms with E-state index < -0.39 is 23.4 Å². The van der Waals surface area contributed by atoms with Crippen molar-refractivity contribution in [2.45, 2.75) is 13.5 Å². The van der Waals surface area contributed by atoms with Crippen molar-refractivity contribution >= 4 is 34.3 Å². The molecule has 35 heavy (non-hydrogen) atoms. The molecule has 1 heterocycles. The van der Waals surface area contributed by atoms with Gasteiger partial charge in [0.1, 0.15) is 5.82 Å². The van der Waals surface area contributed by atoms with Gasteiger partial charge in [0.15, 0.2) is 5.58 Å². The minimum Gasteiger partial charge on any atom is -0.408 e. The van der Waals surface area contributed by atoms with Gasteiger partial charge in [-0.05, 0) is 69.0 Å². The van der Waals surface area contributed by atoms with Gasteiger partial charge in [-0.15, -0.1) is 0 Å². The van der Waals surface area contributed by atoms with Crippen LogP contribution in [0.15, 0.2) is 69.9 Å². The number of aromatic nitrogens is 1. The Bertz CT molecular complexity index is 1470. The summed E-state index contributed by atoms with van der Waals surface area (Å²) < 4.78 is 20.8. The molecule has 0 aliphatic rings. The lowest BCUT2D eigenvalue weighted by atomic mass is 10.1. The predicted molar refractivity (Wildman–Crippen MR) is 133 cm³/mol. The first kappa shape index (κ1) is 23.9. The van der Waals surface area contributed by atoms with Crippen LogP contribution in [0, 0.1) is 12.7 Å². The van der Waals surface area contributed by atoms with Crippen LogP contribution in [0.25, 0.3) is 11.1 Å². The molecule has 3 aromatic carbocycles. The summed E-state index contributed by atoms with van der Waals surface area (Å²) in [6.45, 7) is 2.87. The number of anilines is 2. The van der Waals surface area contributed by atoms with E-state index in [1.165, 1.54) is 28.8 Å². The van der Waals surface area contributed by atoms with Crippen molar-refractivity contribution in [3.8, 4) is 0 Å². The number of hydrogen-bond donors (Lipinski definition) is 2. The molecule has 0 unspecified atom stereocenters. The van der Waals surface area contributed by atoms with Crippen LogP contribution >= 0.6 is 0 Å². The third-order valence-corrected chi connectivity index (χ3v) is 5.56. The predicted octanol–water partition coefficient (Wildman–Crippen LogP) is 4.11. The first-order chi connectivity index (χ1) is 16.7. The van der Waals surface area contributed by atoms with E-state index in [2.05, 4.69) is 10.6 Å². The van der Waals surface area contributed by atoms with Gasteiger partial charge in [-0.3, -0.25) is 14.2 Å². The molecule has 0 spiro atoms. The Labute approximate surface area is 201 Å². The molecule has 4 rings (SSSR count). The fourth-order valence-electron chi connectivity index (χ4n) is 3.59. The third kappa shape index (κ3) is 5.30. The lowest BCUT2D eigenvalue weighted by Crippen LogP contribution is -2.23. The van der Waals surface area contributed by atoms with Crippen LogP contribution in [-0.2, 0) is 6.54 Å². The summed E-state index contributed by atoms with van der Waals surface area (Å²) in [6.07, 6.45) is 0. The summed E-state index contributed by atoms with van der Waals surface area (Å²) in [4.78, 5) is 39.6. The van der Waals surface area contributed by atoms with E-state index in [1.807, 2.05) is 19.0 Å². The number of amides is 2. The number of carbonyl (C=O) groups excluding carboxylic acids is 2. The summed E-state index contributed by atoms with van der Waals surface area (Å²) in [5, 5.41) is 5.48. The van der Waals surface area contributed by atoms with Gasteiger partial charge in [-0.1, -0.05) is 18.2 Å². The molecule has 0 aliphatic carbocycles. The number of halogens is 1. The first-order valence-corrected chi connectivity index (χ1v) is 11.0. The number of rotatable bonds is 7. The van der Waals surface area contributed by atoms with Gasteiger partial charge in [0.25, 0.3) is 11.8 Å². The van der Waals surface area contributed by atoms with Crippen LogP contribution in [0.2, 0.25) is 0 Å². The number of nitrogens with one attached hydrogen (secondary N) is 2. The van der Waals surface area contributed by atoms with E-state index in [-0.39, 0.29) is 5.56 Å². The molecule has 4 aromatic rings. The average Bonchev–Trinajstić information content (AvgIpc) is 3.13. The van der Waals surface area contributed by atoms with Crippen LogP contribution in [0.5, 0.6) is 0 Å². The van der Waals surface area contributed by atoms with Crippen molar-refractivity contribution in [1.29, 1.82) is 0 Å². The summed E-state index contributed by atoms with van der Waals surface area (Å²) in [5.74, 6) is -2.10. The summed E-state index contributed by atoms with van der Waals surface area (Å²) in [5.41, 5.74) is 2.83. The Morgan fingerprint density at radius 2 is 1.77 bits per heavy atom. The van der Waals surface area contributed by atoms with Crippen LogP contribution in [-0.4, -0.2) is 41.9 Å². The van der Waals surface area contributed by atoms with Crippen LogP contribution < -0.4 is 16.4 Å². The number of carbonyl (C=O) groups is 2. The van der Waals surface area contributed by atoms with E-state index in [4.69, 9.17) is 4.42 Å². The second-order valence-corrected chi connectivity index (χ2v) is 8.42. The Balaban J connectivity index is 1.55. The zero-order chi connectivity index (χ0) is 25.1. The van der Waals surface area contributed by atoms with Crippen molar-refractivity contribution in [2.24, 2.45) is 0 Å². The number of benzene rings is 3. The number of likely N-dealkylation sites (N-methyl/N-ethyl adjacent to an activating group) is 1. The maximum Gasteiger partial charge on any atom is 0.419 e. The fourth-order valence-corrected chi connectivity index (χ4v) is 3.59. The average molecular weight is 477 g/mol. The number of fused-ring (bicyclic) bond motifs is 1. The minimum atomic E-state index is -0.629. The first-order valence-electron chi connectivity index (χ1n) is 11.0. The topological polar surface area (TPSA) is 96.6 Å². The lowest BCUT2D eigenvalue weighted by Gasteiger charge is -2.12. The van der Waals surface area contributed by atoms with Gasteiger partial charge in [-0.2, -0.15) is 0 Å². The zero-order valence-electron chi connectivity index (χ0n) is 19.6. The molecule has 0 aliphatic heterocycles. The molecule has 1 aromatic heterocycles.